The number of rotatable bonds is 5. The molecule has 2 heteroatoms. The highest BCUT2D eigenvalue weighted by Gasteiger charge is 2.05. The van der Waals surface area contributed by atoms with E-state index in [1.807, 2.05) is 52.0 Å². The lowest BCUT2D eigenvalue weighted by Crippen LogP contribution is -2.10. The van der Waals surface area contributed by atoms with Crippen LogP contribution in [-0.2, 0) is 0 Å². The van der Waals surface area contributed by atoms with E-state index in [1.54, 1.807) is 6.92 Å². The van der Waals surface area contributed by atoms with Crippen molar-refractivity contribution in [3.63, 3.8) is 0 Å². The summed E-state index contributed by atoms with van der Waals surface area (Å²) in [4.78, 5) is 0. The van der Waals surface area contributed by atoms with Crippen molar-refractivity contribution in [2.75, 3.05) is 0 Å². The van der Waals surface area contributed by atoms with Crippen molar-refractivity contribution in [3.8, 4) is 6.07 Å². The monoisotopic (exact) mass is 245 g/mol. The first-order chi connectivity index (χ1) is 8.38. The number of aliphatic hydroxyl groups excluding tert-OH is 1. The standard InChI is InChI=1S/C16H23NO/c1-12(9-10-17)7-6-8-13(2)14(3)11-15(4)16(5)18/h6-9,11,15-16,18H,1-5H3/b7-6+,12-9-,13-8+,14-11+/t15-,16+/m0/s1. The fraction of sp³-hybridized carbons (Fsp3) is 0.438. The van der Waals surface area contributed by atoms with Crippen molar-refractivity contribution in [2.24, 2.45) is 5.92 Å². The SMILES string of the molecule is CC(=C/C#N)/C=C/C=C(C)/C(C)=C/[C@H](C)[C@@H](C)O. The highest BCUT2D eigenvalue weighted by atomic mass is 16.3. The number of allylic oxidation sites excluding steroid dienone is 7. The zero-order chi connectivity index (χ0) is 14.1. The van der Waals surface area contributed by atoms with E-state index in [4.69, 9.17) is 5.26 Å². The number of nitriles is 1. The topological polar surface area (TPSA) is 44.0 Å². The Morgan fingerprint density at radius 1 is 1.17 bits per heavy atom. The molecule has 2 nitrogen and oxygen atoms in total. The molecule has 0 saturated carbocycles. The van der Waals surface area contributed by atoms with Crippen LogP contribution in [0.2, 0.25) is 0 Å². The summed E-state index contributed by atoms with van der Waals surface area (Å²) < 4.78 is 0. The molecule has 18 heavy (non-hydrogen) atoms. The van der Waals surface area contributed by atoms with Crippen LogP contribution in [0.25, 0.3) is 0 Å². The molecule has 0 aromatic carbocycles. The highest BCUT2D eigenvalue weighted by Crippen LogP contribution is 2.14. The van der Waals surface area contributed by atoms with Crippen LogP contribution in [-0.4, -0.2) is 11.2 Å². The van der Waals surface area contributed by atoms with Crippen LogP contribution in [0.15, 0.2) is 47.1 Å². The molecule has 0 saturated heterocycles. The van der Waals surface area contributed by atoms with Crippen LogP contribution in [0.4, 0.5) is 0 Å². The first kappa shape index (κ1) is 16.4. The van der Waals surface area contributed by atoms with Crippen LogP contribution < -0.4 is 0 Å². The lowest BCUT2D eigenvalue weighted by Gasteiger charge is -2.11. The van der Waals surface area contributed by atoms with Crippen molar-refractivity contribution in [1.29, 1.82) is 5.26 Å². The molecule has 0 aliphatic rings. The molecule has 2 atom stereocenters. The van der Waals surface area contributed by atoms with E-state index in [0.29, 0.717) is 0 Å². The molecule has 0 aliphatic carbocycles. The molecule has 0 rings (SSSR count). The fourth-order valence-electron chi connectivity index (χ4n) is 1.29. The van der Waals surface area contributed by atoms with Crippen LogP contribution >= 0.6 is 0 Å². The first-order valence-electron chi connectivity index (χ1n) is 6.16. The third kappa shape index (κ3) is 6.88. The minimum absolute atomic E-state index is 0.151. The minimum Gasteiger partial charge on any atom is -0.393 e. The van der Waals surface area contributed by atoms with E-state index in [1.165, 1.54) is 6.08 Å². The summed E-state index contributed by atoms with van der Waals surface area (Å²) >= 11 is 0. The second-order valence-electron chi connectivity index (χ2n) is 4.68. The van der Waals surface area contributed by atoms with E-state index in [2.05, 4.69) is 6.08 Å². The molecule has 0 unspecified atom stereocenters. The molecular formula is C16H23NO. The van der Waals surface area contributed by atoms with Gasteiger partial charge in [-0.3, -0.25) is 0 Å². The van der Waals surface area contributed by atoms with Gasteiger partial charge >= 0.3 is 0 Å². The Morgan fingerprint density at radius 3 is 2.28 bits per heavy atom. The predicted octanol–water partition coefficient (Wildman–Crippen LogP) is 3.92. The van der Waals surface area contributed by atoms with Gasteiger partial charge in [0.15, 0.2) is 0 Å². The third-order valence-electron chi connectivity index (χ3n) is 2.89. The maximum Gasteiger partial charge on any atom is 0.0914 e. The second kappa shape index (κ2) is 8.49. The zero-order valence-electron chi connectivity index (χ0n) is 11.9. The maximum atomic E-state index is 9.44. The average Bonchev–Trinajstić information content (AvgIpc) is 2.28. The predicted molar refractivity (Wildman–Crippen MR) is 76.9 cm³/mol. The van der Waals surface area contributed by atoms with Gasteiger partial charge in [0.1, 0.15) is 0 Å². The number of hydrogen-bond acceptors (Lipinski definition) is 2. The molecule has 0 amide bonds. The van der Waals surface area contributed by atoms with E-state index in [-0.39, 0.29) is 12.0 Å². The van der Waals surface area contributed by atoms with Crippen molar-refractivity contribution in [2.45, 2.75) is 40.7 Å². The van der Waals surface area contributed by atoms with Gasteiger partial charge in [-0.1, -0.05) is 36.8 Å². The normalized spacial score (nSPS) is 17.7. The molecule has 0 aliphatic heterocycles. The Hall–Kier alpha value is -1.59. The zero-order valence-corrected chi connectivity index (χ0v) is 11.9. The van der Waals surface area contributed by atoms with Crippen molar-refractivity contribution in [1.82, 2.24) is 0 Å². The molecule has 1 N–H and O–H groups in total. The molecule has 0 bridgehead atoms. The van der Waals surface area contributed by atoms with Crippen molar-refractivity contribution in [3.05, 3.63) is 47.1 Å². The van der Waals surface area contributed by atoms with E-state index >= 15 is 0 Å². The Balaban J connectivity index is 4.71. The quantitative estimate of drug-likeness (QED) is 0.589. The summed E-state index contributed by atoms with van der Waals surface area (Å²) in [6.07, 6.45) is 9.10. The number of hydrogen-bond donors (Lipinski definition) is 1. The van der Waals surface area contributed by atoms with E-state index in [0.717, 1.165) is 16.7 Å². The van der Waals surface area contributed by atoms with Gasteiger partial charge in [-0.25, -0.2) is 0 Å². The van der Waals surface area contributed by atoms with Crippen LogP contribution in [0.3, 0.4) is 0 Å². The van der Waals surface area contributed by atoms with Gasteiger partial charge in [-0.15, -0.1) is 0 Å². The van der Waals surface area contributed by atoms with Crippen molar-refractivity contribution >= 4 is 0 Å². The summed E-state index contributed by atoms with van der Waals surface area (Å²) in [7, 11) is 0. The summed E-state index contributed by atoms with van der Waals surface area (Å²) in [6, 6.07) is 1.99. The van der Waals surface area contributed by atoms with Crippen molar-refractivity contribution < 1.29 is 5.11 Å². The van der Waals surface area contributed by atoms with Crippen LogP contribution in [0, 0.1) is 17.2 Å². The smallest absolute Gasteiger partial charge is 0.0914 e. The Labute approximate surface area is 111 Å². The summed E-state index contributed by atoms with van der Waals surface area (Å²) in [6.45, 7) is 9.76. The molecular weight excluding hydrogens is 222 g/mol. The Morgan fingerprint density at radius 2 is 1.78 bits per heavy atom. The number of aliphatic hydroxyl groups is 1. The maximum absolute atomic E-state index is 9.44. The molecule has 0 aromatic rings. The highest BCUT2D eigenvalue weighted by molar-refractivity contribution is 5.33. The molecule has 0 heterocycles. The summed E-state index contributed by atoms with van der Waals surface area (Å²) in [5, 5.41) is 17.9. The molecule has 0 radical (unpaired) electrons. The molecule has 0 aromatic heterocycles. The third-order valence-corrected chi connectivity index (χ3v) is 2.89. The molecule has 0 spiro atoms. The van der Waals surface area contributed by atoms with Gasteiger partial charge in [0.2, 0.25) is 0 Å². The van der Waals surface area contributed by atoms with E-state index < -0.39 is 0 Å². The van der Waals surface area contributed by atoms with E-state index in [9.17, 15) is 5.11 Å². The lowest BCUT2D eigenvalue weighted by molar-refractivity contribution is 0.157. The Bertz CT molecular complexity index is 417. The summed E-state index contributed by atoms with van der Waals surface area (Å²) in [5.74, 6) is 0.151. The largest absolute Gasteiger partial charge is 0.393 e. The van der Waals surface area contributed by atoms with Gasteiger partial charge < -0.3 is 5.11 Å². The fourth-order valence-corrected chi connectivity index (χ4v) is 1.29. The van der Waals surface area contributed by atoms with Crippen LogP contribution in [0.5, 0.6) is 0 Å². The van der Waals surface area contributed by atoms with Gasteiger partial charge in [0, 0.05) is 12.0 Å². The molecule has 0 fully saturated rings. The molecule has 98 valence electrons. The average molecular weight is 245 g/mol. The van der Waals surface area contributed by atoms with Gasteiger partial charge in [-0.05, 0) is 38.8 Å². The van der Waals surface area contributed by atoms with Gasteiger partial charge in [-0.2, -0.15) is 5.26 Å². The lowest BCUT2D eigenvalue weighted by atomic mass is 9.99. The minimum atomic E-state index is -0.330. The summed E-state index contributed by atoms with van der Waals surface area (Å²) in [5.41, 5.74) is 3.25. The Kier molecular flexibility index (Phi) is 7.74. The second-order valence-corrected chi connectivity index (χ2v) is 4.68. The van der Waals surface area contributed by atoms with Gasteiger partial charge in [0.05, 0.1) is 12.2 Å². The van der Waals surface area contributed by atoms with Gasteiger partial charge in [0.25, 0.3) is 0 Å². The number of nitrogens with zero attached hydrogens (tertiary/aromatic N) is 1. The first-order valence-corrected chi connectivity index (χ1v) is 6.16. The van der Waals surface area contributed by atoms with Crippen LogP contribution in [0.1, 0.15) is 34.6 Å².